The molecule has 0 fully saturated rings. The molecule has 0 unspecified atom stereocenters. The van der Waals surface area contributed by atoms with Crippen LogP contribution in [0.3, 0.4) is 0 Å². The molecule has 4 nitrogen and oxygen atoms in total. The minimum absolute atomic E-state index is 0.0388. The van der Waals surface area contributed by atoms with Crippen LogP contribution in [-0.4, -0.2) is 37.8 Å². The van der Waals surface area contributed by atoms with Crippen LogP contribution < -0.4 is 5.73 Å². The molecule has 0 aliphatic rings. The van der Waals surface area contributed by atoms with E-state index in [0.717, 1.165) is 4.90 Å². The Labute approximate surface area is 126 Å². The van der Waals surface area contributed by atoms with E-state index in [1.807, 2.05) is 45.0 Å². The molecular formula is C14H24N2O2S2. The minimum atomic E-state index is -3.19. The quantitative estimate of drug-likeness (QED) is 0.647. The van der Waals surface area contributed by atoms with Crippen LogP contribution in [0.1, 0.15) is 20.8 Å². The Hall–Kier alpha value is -0.720. The molecule has 1 rings (SSSR count). The van der Waals surface area contributed by atoms with Crippen molar-refractivity contribution in [2.75, 3.05) is 30.8 Å². The van der Waals surface area contributed by atoms with Crippen LogP contribution in [0.2, 0.25) is 0 Å². The van der Waals surface area contributed by atoms with Gasteiger partial charge >= 0.3 is 0 Å². The van der Waals surface area contributed by atoms with Crippen LogP contribution in [0.15, 0.2) is 29.2 Å². The van der Waals surface area contributed by atoms with Crippen molar-refractivity contribution in [2.45, 2.75) is 25.7 Å². The number of sulfonamides is 1. The minimum Gasteiger partial charge on any atom is -0.399 e. The Morgan fingerprint density at radius 2 is 1.95 bits per heavy atom. The van der Waals surface area contributed by atoms with Crippen molar-refractivity contribution in [1.82, 2.24) is 4.31 Å². The summed E-state index contributed by atoms with van der Waals surface area (Å²) in [6, 6.07) is 7.48. The molecule has 0 atom stereocenters. The summed E-state index contributed by atoms with van der Waals surface area (Å²) in [6.45, 7) is 6.61. The molecule has 0 saturated heterocycles. The van der Waals surface area contributed by atoms with Crippen molar-refractivity contribution < 1.29 is 8.42 Å². The second kappa shape index (κ2) is 6.83. The van der Waals surface area contributed by atoms with Crippen molar-refractivity contribution in [3.05, 3.63) is 24.3 Å². The smallest absolute Gasteiger partial charge is 0.214 e. The zero-order valence-electron chi connectivity index (χ0n) is 12.6. The van der Waals surface area contributed by atoms with E-state index in [0.29, 0.717) is 18.0 Å². The van der Waals surface area contributed by atoms with Gasteiger partial charge in [0.05, 0.1) is 5.75 Å². The van der Waals surface area contributed by atoms with E-state index in [9.17, 15) is 8.42 Å². The lowest BCUT2D eigenvalue weighted by Crippen LogP contribution is -2.36. The van der Waals surface area contributed by atoms with E-state index in [1.54, 1.807) is 7.05 Å². The summed E-state index contributed by atoms with van der Waals surface area (Å²) < 4.78 is 25.8. The molecule has 0 spiro atoms. The number of nitrogens with two attached hydrogens (primary N) is 1. The predicted molar refractivity (Wildman–Crippen MR) is 87.5 cm³/mol. The number of nitrogens with zero attached hydrogens (tertiary/aromatic N) is 1. The monoisotopic (exact) mass is 316 g/mol. The van der Waals surface area contributed by atoms with Gasteiger partial charge in [0.1, 0.15) is 0 Å². The zero-order valence-corrected chi connectivity index (χ0v) is 14.2. The number of hydrogen-bond donors (Lipinski definition) is 1. The highest BCUT2D eigenvalue weighted by Gasteiger charge is 2.23. The molecule has 0 bridgehead atoms. The van der Waals surface area contributed by atoms with Crippen LogP contribution in [0.4, 0.5) is 5.69 Å². The number of hydrogen-bond acceptors (Lipinski definition) is 4. The van der Waals surface area contributed by atoms with Crippen molar-refractivity contribution >= 4 is 27.5 Å². The lowest BCUT2D eigenvalue weighted by Gasteiger charge is -2.26. The van der Waals surface area contributed by atoms with Gasteiger partial charge in [0.2, 0.25) is 10.0 Å². The average molecular weight is 316 g/mol. The molecule has 20 heavy (non-hydrogen) atoms. The SMILES string of the molecule is CN(CC(C)(C)C)S(=O)(=O)CCSc1cccc(N)c1. The van der Waals surface area contributed by atoms with Crippen LogP contribution in [0, 0.1) is 5.41 Å². The lowest BCUT2D eigenvalue weighted by molar-refractivity contribution is 0.311. The van der Waals surface area contributed by atoms with Gasteiger partial charge < -0.3 is 5.73 Å². The number of anilines is 1. The molecule has 114 valence electrons. The van der Waals surface area contributed by atoms with Gasteiger partial charge in [-0.05, 0) is 23.6 Å². The predicted octanol–water partition coefficient (Wildman–Crippen LogP) is 2.67. The van der Waals surface area contributed by atoms with Crippen LogP contribution in [0.5, 0.6) is 0 Å². The van der Waals surface area contributed by atoms with E-state index in [-0.39, 0.29) is 11.2 Å². The molecular weight excluding hydrogens is 292 g/mol. The summed E-state index contributed by atoms with van der Waals surface area (Å²) in [7, 11) is -1.55. The summed E-state index contributed by atoms with van der Waals surface area (Å²) in [5, 5.41) is 0. The van der Waals surface area contributed by atoms with E-state index in [4.69, 9.17) is 5.73 Å². The van der Waals surface area contributed by atoms with Crippen molar-refractivity contribution in [3.63, 3.8) is 0 Å². The highest BCUT2D eigenvalue weighted by atomic mass is 32.2. The third kappa shape index (κ3) is 6.15. The highest BCUT2D eigenvalue weighted by Crippen LogP contribution is 2.21. The molecule has 0 aliphatic heterocycles. The molecule has 0 heterocycles. The van der Waals surface area contributed by atoms with Gasteiger partial charge in [-0.1, -0.05) is 26.8 Å². The number of thioether (sulfide) groups is 1. The number of benzene rings is 1. The van der Waals surface area contributed by atoms with Gasteiger partial charge in [0, 0.05) is 29.9 Å². The Morgan fingerprint density at radius 1 is 1.30 bits per heavy atom. The Kier molecular flexibility index (Phi) is 5.91. The molecule has 0 radical (unpaired) electrons. The Bertz CT molecular complexity index is 536. The van der Waals surface area contributed by atoms with Crippen molar-refractivity contribution in [1.29, 1.82) is 0 Å². The lowest BCUT2D eigenvalue weighted by atomic mass is 9.97. The Morgan fingerprint density at radius 3 is 2.50 bits per heavy atom. The third-order valence-corrected chi connectivity index (χ3v) is 5.69. The fourth-order valence-corrected chi connectivity index (χ4v) is 4.49. The van der Waals surface area contributed by atoms with Crippen LogP contribution in [-0.2, 0) is 10.0 Å². The highest BCUT2D eigenvalue weighted by molar-refractivity contribution is 8.00. The summed E-state index contributed by atoms with van der Waals surface area (Å²) in [4.78, 5) is 0.999. The van der Waals surface area contributed by atoms with Gasteiger partial charge in [-0.25, -0.2) is 12.7 Å². The maximum atomic E-state index is 12.2. The molecule has 2 N–H and O–H groups in total. The maximum Gasteiger partial charge on any atom is 0.214 e. The molecule has 0 aromatic heterocycles. The summed E-state index contributed by atoms with van der Waals surface area (Å²) >= 11 is 1.51. The first-order valence-corrected chi connectivity index (χ1v) is 9.12. The molecule has 1 aromatic carbocycles. The third-order valence-electron chi connectivity index (χ3n) is 2.64. The van der Waals surface area contributed by atoms with Gasteiger partial charge in [-0.2, -0.15) is 0 Å². The molecule has 6 heteroatoms. The fraction of sp³-hybridized carbons (Fsp3) is 0.571. The van der Waals surface area contributed by atoms with Crippen molar-refractivity contribution in [3.8, 4) is 0 Å². The maximum absolute atomic E-state index is 12.2. The van der Waals surface area contributed by atoms with E-state index in [2.05, 4.69) is 0 Å². The first kappa shape index (κ1) is 17.3. The van der Waals surface area contributed by atoms with Crippen LogP contribution in [0.25, 0.3) is 0 Å². The normalized spacial score (nSPS) is 12.8. The molecule has 0 amide bonds. The first-order valence-electron chi connectivity index (χ1n) is 6.52. The summed E-state index contributed by atoms with van der Waals surface area (Å²) in [5.74, 6) is 0.666. The van der Waals surface area contributed by atoms with Crippen molar-refractivity contribution in [2.24, 2.45) is 5.41 Å². The van der Waals surface area contributed by atoms with E-state index >= 15 is 0 Å². The summed E-state index contributed by atoms with van der Waals surface area (Å²) in [6.07, 6.45) is 0. The standard InChI is InChI=1S/C14H24N2O2S2/c1-14(2,3)11-16(4)20(17,18)9-8-19-13-7-5-6-12(15)10-13/h5-7,10H,8-9,11,15H2,1-4H3. The topological polar surface area (TPSA) is 63.4 Å². The average Bonchev–Trinajstić information content (AvgIpc) is 2.26. The van der Waals surface area contributed by atoms with Gasteiger partial charge in [0.25, 0.3) is 0 Å². The second-order valence-electron chi connectivity index (χ2n) is 6.05. The number of nitrogen functional groups attached to an aromatic ring is 1. The number of rotatable bonds is 6. The largest absolute Gasteiger partial charge is 0.399 e. The summed E-state index contributed by atoms with van der Waals surface area (Å²) in [5.41, 5.74) is 6.35. The van der Waals surface area contributed by atoms with E-state index in [1.165, 1.54) is 16.1 Å². The molecule has 1 aromatic rings. The first-order chi connectivity index (χ1) is 9.10. The second-order valence-corrected chi connectivity index (χ2v) is 9.42. The van der Waals surface area contributed by atoms with Crippen LogP contribution >= 0.6 is 11.8 Å². The van der Waals surface area contributed by atoms with Gasteiger partial charge in [-0.3, -0.25) is 0 Å². The van der Waals surface area contributed by atoms with Gasteiger partial charge in [0.15, 0.2) is 0 Å². The Balaban J connectivity index is 2.51. The molecule has 0 aliphatic carbocycles. The molecule has 0 saturated carbocycles. The van der Waals surface area contributed by atoms with Gasteiger partial charge in [-0.15, -0.1) is 11.8 Å². The fourth-order valence-electron chi connectivity index (χ4n) is 1.79. The van der Waals surface area contributed by atoms with E-state index < -0.39 is 10.0 Å². The zero-order chi connectivity index (χ0) is 15.4.